The van der Waals surface area contributed by atoms with Crippen molar-refractivity contribution >= 4 is 18.3 Å². The molecule has 1 unspecified atom stereocenters. The van der Waals surface area contributed by atoms with Crippen LogP contribution in [0.25, 0.3) is 0 Å². The van der Waals surface area contributed by atoms with Crippen molar-refractivity contribution in [3.8, 4) is 5.75 Å². The minimum atomic E-state index is -0.352. The van der Waals surface area contributed by atoms with E-state index in [-0.39, 0.29) is 30.3 Å². The summed E-state index contributed by atoms with van der Waals surface area (Å²) in [5.41, 5.74) is 7.61. The number of likely N-dealkylation sites (tertiary alicyclic amines) is 1. The first kappa shape index (κ1) is 22.0. The first-order chi connectivity index (χ1) is 12.7. The Hall–Kier alpha value is -1.30. The molecule has 3 rings (SSSR count). The zero-order valence-electron chi connectivity index (χ0n) is 16.3. The molecule has 5 nitrogen and oxygen atoms in total. The van der Waals surface area contributed by atoms with Crippen LogP contribution in [0.1, 0.15) is 37.7 Å². The first-order valence-electron chi connectivity index (χ1n) is 9.92. The molecule has 2 aliphatic heterocycles. The number of methoxy groups -OCH3 is 1. The Morgan fingerprint density at radius 2 is 1.81 bits per heavy atom. The van der Waals surface area contributed by atoms with E-state index in [1.807, 2.05) is 17.0 Å². The van der Waals surface area contributed by atoms with Gasteiger partial charge in [-0.3, -0.25) is 4.79 Å². The lowest BCUT2D eigenvalue weighted by atomic mass is 9.88. The lowest BCUT2D eigenvalue weighted by Gasteiger charge is -2.36. The highest BCUT2D eigenvalue weighted by molar-refractivity contribution is 5.85. The van der Waals surface area contributed by atoms with Crippen molar-refractivity contribution in [1.29, 1.82) is 0 Å². The van der Waals surface area contributed by atoms with Crippen LogP contribution in [0.5, 0.6) is 5.75 Å². The van der Waals surface area contributed by atoms with Gasteiger partial charge >= 0.3 is 0 Å². The van der Waals surface area contributed by atoms with Crippen LogP contribution in [0.2, 0.25) is 0 Å². The highest BCUT2D eigenvalue weighted by Crippen LogP contribution is 2.25. The molecule has 0 saturated carbocycles. The van der Waals surface area contributed by atoms with Crippen LogP contribution in [-0.4, -0.2) is 50.3 Å². The maximum Gasteiger partial charge on any atom is 0.239 e. The Bertz CT molecular complexity index is 567. The number of carbonyl (C=O) groups excluding carboxylic acids is 1. The van der Waals surface area contributed by atoms with Gasteiger partial charge in [-0.15, -0.1) is 12.4 Å². The van der Waals surface area contributed by atoms with Gasteiger partial charge in [0.25, 0.3) is 0 Å². The molecule has 0 radical (unpaired) electrons. The van der Waals surface area contributed by atoms with E-state index in [1.165, 1.54) is 12.0 Å². The summed E-state index contributed by atoms with van der Waals surface area (Å²) in [6.45, 7) is 3.17. The molecule has 1 atom stereocenters. The molecule has 6 heteroatoms. The summed E-state index contributed by atoms with van der Waals surface area (Å²) in [5.74, 6) is 2.02. The van der Waals surface area contributed by atoms with E-state index >= 15 is 0 Å². The molecule has 152 valence electrons. The van der Waals surface area contributed by atoms with E-state index in [0.29, 0.717) is 5.92 Å². The predicted molar refractivity (Wildman–Crippen MR) is 109 cm³/mol. The summed E-state index contributed by atoms with van der Waals surface area (Å²) in [6, 6.07) is 7.98. The maximum atomic E-state index is 12.7. The van der Waals surface area contributed by atoms with Crippen molar-refractivity contribution in [1.82, 2.24) is 4.90 Å². The number of nitrogens with two attached hydrogens (primary N) is 1. The molecular weight excluding hydrogens is 364 g/mol. The van der Waals surface area contributed by atoms with Crippen molar-refractivity contribution < 1.29 is 14.3 Å². The molecule has 2 saturated heterocycles. The molecule has 0 spiro atoms. The van der Waals surface area contributed by atoms with Crippen LogP contribution in [0.4, 0.5) is 0 Å². The zero-order chi connectivity index (χ0) is 18.4. The maximum absolute atomic E-state index is 12.7. The quantitative estimate of drug-likeness (QED) is 0.802. The summed E-state index contributed by atoms with van der Waals surface area (Å²) in [7, 11) is 1.69. The highest BCUT2D eigenvalue weighted by atomic mass is 35.5. The van der Waals surface area contributed by atoms with E-state index in [2.05, 4.69) is 12.1 Å². The van der Waals surface area contributed by atoms with Gasteiger partial charge in [0.2, 0.25) is 5.91 Å². The van der Waals surface area contributed by atoms with E-state index < -0.39 is 0 Å². The smallest absolute Gasteiger partial charge is 0.239 e. The summed E-state index contributed by atoms with van der Waals surface area (Å²) in [4.78, 5) is 14.7. The number of ether oxygens (including phenoxy) is 2. The van der Waals surface area contributed by atoms with E-state index in [0.717, 1.165) is 64.2 Å². The molecular formula is C21H33ClN2O3. The van der Waals surface area contributed by atoms with Crippen LogP contribution in [0.15, 0.2) is 24.3 Å². The number of amides is 1. The van der Waals surface area contributed by atoms with Gasteiger partial charge < -0.3 is 20.1 Å². The van der Waals surface area contributed by atoms with Gasteiger partial charge in [-0.25, -0.2) is 0 Å². The Kier molecular flexibility index (Phi) is 8.87. The van der Waals surface area contributed by atoms with Crippen LogP contribution in [0.3, 0.4) is 0 Å². The largest absolute Gasteiger partial charge is 0.497 e. The third-order valence-corrected chi connectivity index (χ3v) is 5.99. The third-order valence-electron chi connectivity index (χ3n) is 5.99. The molecule has 27 heavy (non-hydrogen) atoms. The van der Waals surface area contributed by atoms with Gasteiger partial charge in [-0.2, -0.15) is 0 Å². The van der Waals surface area contributed by atoms with Gasteiger partial charge in [0.15, 0.2) is 0 Å². The second-order valence-electron chi connectivity index (χ2n) is 7.63. The number of rotatable bonds is 6. The summed E-state index contributed by atoms with van der Waals surface area (Å²) in [6.07, 6.45) is 6.26. The van der Waals surface area contributed by atoms with Crippen molar-refractivity contribution in [2.45, 2.75) is 44.6 Å². The lowest BCUT2D eigenvalue weighted by Crippen LogP contribution is -2.51. The summed E-state index contributed by atoms with van der Waals surface area (Å²) in [5, 5.41) is 0. The molecule has 2 N–H and O–H groups in total. The molecule has 2 aliphatic rings. The van der Waals surface area contributed by atoms with E-state index in [4.69, 9.17) is 15.2 Å². The minimum Gasteiger partial charge on any atom is -0.497 e. The number of benzene rings is 1. The van der Waals surface area contributed by atoms with Crippen molar-refractivity contribution in [3.63, 3.8) is 0 Å². The summed E-state index contributed by atoms with van der Waals surface area (Å²) < 4.78 is 10.6. The van der Waals surface area contributed by atoms with E-state index in [1.54, 1.807) is 7.11 Å². The fraction of sp³-hybridized carbons (Fsp3) is 0.667. The molecule has 0 aliphatic carbocycles. The molecule has 0 aromatic heterocycles. The zero-order valence-corrected chi connectivity index (χ0v) is 17.1. The average Bonchev–Trinajstić information content (AvgIpc) is 2.72. The second-order valence-corrected chi connectivity index (χ2v) is 7.63. The SMILES string of the molecule is COc1ccc(CCC2CCN(C(=O)C(N)C3CCOCC3)CC2)cc1.Cl. The van der Waals surface area contributed by atoms with Gasteiger partial charge in [-0.05, 0) is 68.1 Å². The number of hydrogen-bond donors (Lipinski definition) is 1. The van der Waals surface area contributed by atoms with Gasteiger partial charge in [-0.1, -0.05) is 12.1 Å². The molecule has 1 aromatic rings. The minimum absolute atomic E-state index is 0. The number of halogens is 1. The number of piperidine rings is 1. The first-order valence-corrected chi connectivity index (χ1v) is 9.92. The standard InChI is InChI=1S/C21H32N2O3.ClH/c1-25-19-6-4-16(5-7-19)2-3-17-8-12-23(13-9-17)21(24)20(22)18-10-14-26-15-11-18;/h4-7,17-18,20H,2-3,8-15,22H2,1H3;1H. The van der Waals surface area contributed by atoms with Gasteiger partial charge in [0.1, 0.15) is 5.75 Å². The highest BCUT2D eigenvalue weighted by Gasteiger charge is 2.31. The molecule has 2 fully saturated rings. The molecule has 0 bridgehead atoms. The summed E-state index contributed by atoms with van der Waals surface area (Å²) >= 11 is 0. The second kappa shape index (κ2) is 10.9. The van der Waals surface area contributed by atoms with Gasteiger partial charge in [0.05, 0.1) is 13.2 Å². The Labute approximate surface area is 169 Å². The van der Waals surface area contributed by atoms with Crippen LogP contribution in [-0.2, 0) is 16.0 Å². The fourth-order valence-electron chi connectivity index (χ4n) is 4.09. The number of hydrogen-bond acceptors (Lipinski definition) is 4. The van der Waals surface area contributed by atoms with Crippen LogP contribution in [0, 0.1) is 11.8 Å². The average molecular weight is 397 g/mol. The van der Waals surface area contributed by atoms with Crippen molar-refractivity contribution in [3.05, 3.63) is 29.8 Å². The van der Waals surface area contributed by atoms with E-state index in [9.17, 15) is 4.79 Å². The molecule has 1 aromatic carbocycles. The fourth-order valence-corrected chi connectivity index (χ4v) is 4.09. The number of nitrogens with zero attached hydrogens (tertiary/aromatic N) is 1. The Morgan fingerprint density at radius 1 is 1.19 bits per heavy atom. The third kappa shape index (κ3) is 6.09. The van der Waals surface area contributed by atoms with Gasteiger partial charge in [0, 0.05) is 26.3 Å². The monoisotopic (exact) mass is 396 g/mol. The topological polar surface area (TPSA) is 64.8 Å². The Balaban J connectivity index is 0.00000261. The number of aryl methyl sites for hydroxylation is 1. The van der Waals surface area contributed by atoms with Crippen LogP contribution >= 0.6 is 12.4 Å². The van der Waals surface area contributed by atoms with Crippen LogP contribution < -0.4 is 10.5 Å². The predicted octanol–water partition coefficient (Wildman–Crippen LogP) is 3.04. The normalized spacial score (nSPS) is 20.0. The Morgan fingerprint density at radius 3 is 2.41 bits per heavy atom. The lowest BCUT2D eigenvalue weighted by molar-refractivity contribution is -0.136. The number of carbonyl (C=O) groups is 1. The van der Waals surface area contributed by atoms with Crippen molar-refractivity contribution in [2.24, 2.45) is 17.6 Å². The molecule has 2 heterocycles. The molecule has 1 amide bonds. The van der Waals surface area contributed by atoms with Crippen molar-refractivity contribution in [2.75, 3.05) is 33.4 Å².